The second-order valence-corrected chi connectivity index (χ2v) is 6.76. The number of halogens is 1. The molecule has 2 heterocycles. The first kappa shape index (κ1) is 18.3. The molecule has 2 aromatic rings. The minimum absolute atomic E-state index is 0.0133. The van der Waals surface area contributed by atoms with Crippen LogP contribution in [-0.4, -0.2) is 56.1 Å². The molecule has 0 spiro atoms. The number of aromatic nitrogens is 4. The predicted molar refractivity (Wildman–Crippen MR) is 96.3 cm³/mol. The Balaban J connectivity index is 1.65. The van der Waals surface area contributed by atoms with Gasteiger partial charge in [0.05, 0.1) is 0 Å². The summed E-state index contributed by atoms with van der Waals surface area (Å²) in [6.45, 7) is 2.66. The maximum absolute atomic E-state index is 12.7. The number of hydrogen-bond acceptors (Lipinski definition) is 5. The highest BCUT2D eigenvalue weighted by atomic mass is 35.5. The van der Waals surface area contributed by atoms with Crippen LogP contribution >= 0.6 is 11.6 Å². The van der Waals surface area contributed by atoms with E-state index in [1.54, 1.807) is 24.3 Å². The van der Waals surface area contributed by atoms with Crippen LogP contribution in [0.3, 0.4) is 0 Å². The molecular weight excluding hydrogens is 356 g/mol. The molecule has 0 bridgehead atoms. The number of rotatable bonds is 5. The summed E-state index contributed by atoms with van der Waals surface area (Å²) < 4.78 is 0. The Morgan fingerprint density at radius 1 is 1.27 bits per heavy atom. The van der Waals surface area contributed by atoms with Gasteiger partial charge in [0.25, 0.3) is 0 Å². The zero-order valence-electron chi connectivity index (χ0n) is 14.6. The van der Waals surface area contributed by atoms with Crippen LogP contribution in [0.1, 0.15) is 26.2 Å². The first-order valence-electron chi connectivity index (χ1n) is 8.60. The lowest BCUT2D eigenvalue weighted by Gasteiger charge is -2.35. The maximum Gasteiger partial charge on any atom is 0.246 e. The summed E-state index contributed by atoms with van der Waals surface area (Å²) in [6, 6.07) is 7.13. The summed E-state index contributed by atoms with van der Waals surface area (Å²) in [5, 5.41) is 15.7. The molecule has 1 N–H and O–H groups in total. The van der Waals surface area contributed by atoms with E-state index in [-0.39, 0.29) is 24.4 Å². The van der Waals surface area contributed by atoms with Gasteiger partial charge in [-0.05, 0) is 48.7 Å². The van der Waals surface area contributed by atoms with Crippen molar-refractivity contribution in [3.05, 3.63) is 29.3 Å². The lowest BCUT2D eigenvalue weighted by Crippen LogP contribution is -2.50. The number of amides is 2. The van der Waals surface area contributed by atoms with E-state index in [1.807, 2.05) is 4.90 Å². The van der Waals surface area contributed by atoms with Gasteiger partial charge < -0.3 is 10.2 Å². The van der Waals surface area contributed by atoms with Gasteiger partial charge in [0.1, 0.15) is 6.54 Å². The normalized spacial score (nSPS) is 17.2. The van der Waals surface area contributed by atoms with Gasteiger partial charge in [-0.1, -0.05) is 11.6 Å². The summed E-state index contributed by atoms with van der Waals surface area (Å²) >= 11 is 5.88. The quantitative estimate of drug-likeness (QED) is 0.853. The van der Waals surface area contributed by atoms with Crippen molar-refractivity contribution in [2.75, 3.05) is 13.1 Å². The standard InChI is InChI=1S/C17H21ClN6O2/c1-12(25)19-10-15-4-2-3-9-23(15)16(26)11-24-21-17(20-22-24)13-5-7-14(18)8-6-13/h5-8,15H,2-4,9-11H2,1H3,(H,19,25). The van der Waals surface area contributed by atoms with Crippen LogP contribution in [0, 0.1) is 0 Å². The fraction of sp³-hybridized carbons (Fsp3) is 0.471. The van der Waals surface area contributed by atoms with Crippen LogP contribution in [0.15, 0.2) is 24.3 Å². The van der Waals surface area contributed by atoms with Gasteiger partial charge in [0.2, 0.25) is 17.6 Å². The molecule has 26 heavy (non-hydrogen) atoms. The third kappa shape index (κ3) is 4.57. The molecule has 0 aliphatic carbocycles. The molecule has 2 amide bonds. The number of likely N-dealkylation sites (tertiary alicyclic amines) is 1. The van der Waals surface area contributed by atoms with Crippen LogP contribution in [0.4, 0.5) is 0 Å². The van der Waals surface area contributed by atoms with Gasteiger partial charge in [0.15, 0.2) is 0 Å². The smallest absolute Gasteiger partial charge is 0.246 e. The molecule has 1 aliphatic heterocycles. The second kappa shape index (κ2) is 8.27. The molecule has 1 aromatic carbocycles. The van der Waals surface area contributed by atoms with E-state index < -0.39 is 0 Å². The Morgan fingerprint density at radius 3 is 2.77 bits per heavy atom. The summed E-state index contributed by atoms with van der Waals surface area (Å²) in [5.74, 6) is 0.288. The molecule has 3 rings (SSSR count). The molecule has 1 atom stereocenters. The third-order valence-corrected chi connectivity index (χ3v) is 4.62. The van der Waals surface area contributed by atoms with E-state index in [0.717, 1.165) is 24.8 Å². The average molecular weight is 377 g/mol. The average Bonchev–Trinajstić information content (AvgIpc) is 3.09. The number of benzene rings is 1. The number of hydrogen-bond donors (Lipinski definition) is 1. The first-order chi connectivity index (χ1) is 12.5. The SMILES string of the molecule is CC(=O)NCC1CCCCN1C(=O)Cn1nnc(-c2ccc(Cl)cc2)n1. The molecule has 1 unspecified atom stereocenters. The number of carbonyl (C=O) groups is 2. The Hall–Kier alpha value is -2.48. The monoisotopic (exact) mass is 376 g/mol. The zero-order valence-corrected chi connectivity index (χ0v) is 15.3. The minimum Gasteiger partial charge on any atom is -0.354 e. The van der Waals surface area contributed by atoms with Crippen molar-refractivity contribution in [3.63, 3.8) is 0 Å². The second-order valence-electron chi connectivity index (χ2n) is 6.32. The summed E-state index contributed by atoms with van der Waals surface area (Å²) in [7, 11) is 0. The molecule has 1 aromatic heterocycles. The molecule has 1 aliphatic rings. The fourth-order valence-corrected chi connectivity index (χ4v) is 3.17. The largest absolute Gasteiger partial charge is 0.354 e. The topological polar surface area (TPSA) is 93.0 Å². The Labute approximate surface area is 156 Å². The fourth-order valence-electron chi connectivity index (χ4n) is 3.04. The van der Waals surface area contributed by atoms with Crippen molar-refractivity contribution < 1.29 is 9.59 Å². The van der Waals surface area contributed by atoms with Gasteiger partial charge >= 0.3 is 0 Å². The Kier molecular flexibility index (Phi) is 5.82. The Morgan fingerprint density at radius 2 is 2.04 bits per heavy atom. The van der Waals surface area contributed by atoms with E-state index in [9.17, 15) is 9.59 Å². The van der Waals surface area contributed by atoms with Crippen LogP contribution in [0.2, 0.25) is 5.02 Å². The molecule has 1 saturated heterocycles. The molecule has 8 nitrogen and oxygen atoms in total. The van der Waals surface area contributed by atoms with E-state index in [0.29, 0.717) is 23.9 Å². The number of tetrazole rings is 1. The van der Waals surface area contributed by atoms with Crippen molar-refractivity contribution in [3.8, 4) is 11.4 Å². The van der Waals surface area contributed by atoms with Crippen LogP contribution in [0.5, 0.6) is 0 Å². The number of piperidine rings is 1. The highest BCUT2D eigenvalue weighted by Gasteiger charge is 2.27. The van der Waals surface area contributed by atoms with Crippen molar-refractivity contribution >= 4 is 23.4 Å². The molecule has 0 radical (unpaired) electrons. The van der Waals surface area contributed by atoms with Gasteiger partial charge in [0, 0.05) is 36.6 Å². The summed E-state index contributed by atoms with van der Waals surface area (Å²) in [5.41, 5.74) is 0.787. The lowest BCUT2D eigenvalue weighted by atomic mass is 10.0. The summed E-state index contributed by atoms with van der Waals surface area (Å²) in [6.07, 6.45) is 2.90. The number of nitrogens with zero attached hydrogens (tertiary/aromatic N) is 5. The lowest BCUT2D eigenvalue weighted by molar-refractivity contribution is -0.136. The zero-order chi connectivity index (χ0) is 18.5. The van der Waals surface area contributed by atoms with Crippen molar-refractivity contribution in [1.82, 2.24) is 30.4 Å². The minimum atomic E-state index is -0.0893. The molecule has 0 saturated carbocycles. The highest BCUT2D eigenvalue weighted by molar-refractivity contribution is 6.30. The van der Waals surface area contributed by atoms with E-state index in [2.05, 4.69) is 20.7 Å². The van der Waals surface area contributed by atoms with Gasteiger partial charge in [-0.3, -0.25) is 9.59 Å². The highest BCUT2D eigenvalue weighted by Crippen LogP contribution is 2.18. The molecular formula is C17H21ClN6O2. The van der Waals surface area contributed by atoms with Gasteiger partial charge in [-0.2, -0.15) is 4.80 Å². The number of carbonyl (C=O) groups excluding carboxylic acids is 2. The maximum atomic E-state index is 12.7. The summed E-state index contributed by atoms with van der Waals surface area (Å²) in [4.78, 5) is 26.9. The van der Waals surface area contributed by atoms with Crippen molar-refractivity contribution in [1.29, 1.82) is 0 Å². The van der Waals surface area contributed by atoms with Crippen molar-refractivity contribution in [2.24, 2.45) is 0 Å². The first-order valence-corrected chi connectivity index (χ1v) is 8.98. The van der Waals surface area contributed by atoms with E-state index in [1.165, 1.54) is 11.7 Å². The van der Waals surface area contributed by atoms with Crippen LogP contribution in [-0.2, 0) is 16.1 Å². The predicted octanol–water partition coefficient (Wildman–Crippen LogP) is 1.51. The van der Waals surface area contributed by atoms with Gasteiger partial charge in [-0.15, -0.1) is 10.2 Å². The van der Waals surface area contributed by atoms with Crippen molar-refractivity contribution in [2.45, 2.75) is 38.8 Å². The molecule has 1 fully saturated rings. The van der Waals surface area contributed by atoms with Crippen LogP contribution in [0.25, 0.3) is 11.4 Å². The van der Waals surface area contributed by atoms with Gasteiger partial charge in [-0.25, -0.2) is 0 Å². The number of nitrogens with one attached hydrogen (secondary N) is 1. The Bertz CT molecular complexity index is 776. The third-order valence-electron chi connectivity index (χ3n) is 4.37. The van der Waals surface area contributed by atoms with E-state index >= 15 is 0 Å². The molecule has 138 valence electrons. The molecule has 9 heteroatoms. The van der Waals surface area contributed by atoms with E-state index in [4.69, 9.17) is 11.6 Å². The van der Waals surface area contributed by atoms with Crippen LogP contribution < -0.4 is 5.32 Å².